The highest BCUT2D eigenvalue weighted by Gasteiger charge is 2.28. The van der Waals surface area contributed by atoms with Gasteiger partial charge >= 0.3 is 0 Å². The van der Waals surface area contributed by atoms with Crippen molar-refractivity contribution in [2.24, 2.45) is 0 Å². The maximum absolute atomic E-state index is 13.2. The quantitative estimate of drug-likeness (QED) is 0.683. The molecule has 1 saturated heterocycles. The van der Waals surface area contributed by atoms with Gasteiger partial charge in [-0.15, -0.1) is 0 Å². The Bertz CT molecular complexity index is 752. The molecule has 1 fully saturated rings. The van der Waals surface area contributed by atoms with Crippen LogP contribution in [0.5, 0.6) is 0 Å². The van der Waals surface area contributed by atoms with Gasteiger partial charge in [0.25, 0.3) is 0 Å². The van der Waals surface area contributed by atoms with Crippen molar-refractivity contribution in [3.63, 3.8) is 0 Å². The summed E-state index contributed by atoms with van der Waals surface area (Å²) in [5.41, 5.74) is 9.21. The second kappa shape index (κ2) is 10.5. The lowest BCUT2D eigenvalue weighted by Crippen LogP contribution is -2.40. The van der Waals surface area contributed by atoms with E-state index in [4.69, 9.17) is 0 Å². The fourth-order valence-corrected chi connectivity index (χ4v) is 4.01. The van der Waals surface area contributed by atoms with Crippen molar-refractivity contribution in [1.29, 1.82) is 0 Å². The first-order valence-corrected chi connectivity index (χ1v) is 10.7. The van der Waals surface area contributed by atoms with E-state index in [0.717, 1.165) is 37.9 Å². The van der Waals surface area contributed by atoms with E-state index in [9.17, 15) is 4.79 Å². The molecule has 0 radical (unpaired) electrons. The molecule has 5 nitrogen and oxygen atoms in total. The minimum atomic E-state index is -0.222. The lowest BCUT2D eigenvalue weighted by atomic mass is 9.99. The Morgan fingerprint density at radius 3 is 2.34 bits per heavy atom. The molecule has 2 aromatic rings. The number of hydrogen-bond acceptors (Lipinski definition) is 4. The molecule has 5 heteroatoms. The Balaban J connectivity index is 1.49. The average Bonchev–Trinajstić information content (AvgIpc) is 3.24. The van der Waals surface area contributed by atoms with Gasteiger partial charge in [0.2, 0.25) is 5.91 Å². The first kappa shape index (κ1) is 21.5. The van der Waals surface area contributed by atoms with Crippen LogP contribution in [0, 0.1) is 0 Å². The van der Waals surface area contributed by atoms with Crippen LogP contribution in [0.25, 0.3) is 0 Å². The maximum atomic E-state index is 13.2. The summed E-state index contributed by atoms with van der Waals surface area (Å²) in [4.78, 5) is 17.2. The molecule has 3 atom stereocenters. The molecule has 0 aromatic heterocycles. The van der Waals surface area contributed by atoms with Crippen LogP contribution in [-0.4, -0.2) is 48.9 Å². The van der Waals surface area contributed by atoms with Gasteiger partial charge in [0.1, 0.15) is 6.04 Å². The van der Waals surface area contributed by atoms with Gasteiger partial charge < -0.3 is 4.90 Å². The number of hydrogen-bond donors (Lipinski definition) is 2. The third kappa shape index (κ3) is 5.66. The average molecular weight is 395 g/mol. The third-order valence-corrected chi connectivity index (χ3v) is 5.89. The lowest BCUT2D eigenvalue weighted by Gasteiger charge is -2.30. The molecule has 2 N–H and O–H groups in total. The van der Waals surface area contributed by atoms with Gasteiger partial charge in [-0.3, -0.25) is 20.5 Å². The molecule has 0 aliphatic carbocycles. The van der Waals surface area contributed by atoms with E-state index >= 15 is 0 Å². The molecule has 29 heavy (non-hydrogen) atoms. The molecule has 1 amide bonds. The predicted octanol–water partition coefficient (Wildman–Crippen LogP) is 3.53. The fourth-order valence-electron chi connectivity index (χ4n) is 4.01. The highest BCUT2D eigenvalue weighted by atomic mass is 16.2. The molecule has 0 spiro atoms. The highest BCUT2D eigenvalue weighted by molar-refractivity contribution is 5.83. The molecule has 1 aliphatic heterocycles. The van der Waals surface area contributed by atoms with Gasteiger partial charge in [-0.2, -0.15) is 0 Å². The molecule has 3 unspecified atom stereocenters. The number of rotatable bonds is 9. The first-order valence-electron chi connectivity index (χ1n) is 10.7. The van der Waals surface area contributed by atoms with E-state index in [1.165, 1.54) is 5.56 Å². The molecule has 0 bridgehead atoms. The summed E-state index contributed by atoms with van der Waals surface area (Å²) < 4.78 is 0. The summed E-state index contributed by atoms with van der Waals surface area (Å²) in [6, 6.07) is 21.2. The van der Waals surface area contributed by atoms with E-state index in [1.54, 1.807) is 0 Å². The standard InChI is InChI=1S/C24H34N4O/c1-4-27(2)23(20-14-9-6-10-15-20)24(29)28(3)17-11-16-21-18-22(26-25-21)19-12-7-5-8-13-19/h5-10,12-15,21-23,25-26H,4,11,16-18H2,1-3H3. The minimum Gasteiger partial charge on any atom is -0.344 e. The molecular weight excluding hydrogens is 360 g/mol. The highest BCUT2D eigenvalue weighted by Crippen LogP contribution is 2.25. The number of likely N-dealkylation sites (N-methyl/N-ethyl adjacent to an activating group) is 2. The normalized spacial score (nSPS) is 20.0. The Morgan fingerprint density at radius 1 is 1.03 bits per heavy atom. The van der Waals surface area contributed by atoms with Crippen LogP contribution in [0.4, 0.5) is 0 Å². The van der Waals surface area contributed by atoms with Crippen molar-refractivity contribution in [1.82, 2.24) is 20.7 Å². The smallest absolute Gasteiger partial charge is 0.244 e. The number of amides is 1. The molecular formula is C24H34N4O. The van der Waals surface area contributed by atoms with Crippen molar-refractivity contribution >= 4 is 5.91 Å². The summed E-state index contributed by atoms with van der Waals surface area (Å²) in [6.07, 6.45) is 3.11. The van der Waals surface area contributed by atoms with Gasteiger partial charge in [-0.25, -0.2) is 0 Å². The van der Waals surface area contributed by atoms with Gasteiger partial charge in [0.15, 0.2) is 0 Å². The van der Waals surface area contributed by atoms with Crippen LogP contribution < -0.4 is 10.9 Å². The Labute approximate surface area is 175 Å². The van der Waals surface area contributed by atoms with Crippen LogP contribution in [0.3, 0.4) is 0 Å². The van der Waals surface area contributed by atoms with E-state index in [1.807, 2.05) is 49.3 Å². The number of carbonyl (C=O) groups excluding carboxylic acids is 1. The molecule has 156 valence electrons. The molecule has 1 aliphatic rings. The predicted molar refractivity (Wildman–Crippen MR) is 118 cm³/mol. The first-order chi connectivity index (χ1) is 14.1. The Kier molecular flexibility index (Phi) is 7.81. The van der Waals surface area contributed by atoms with Crippen molar-refractivity contribution in [2.45, 2.75) is 44.3 Å². The second-order valence-electron chi connectivity index (χ2n) is 7.97. The zero-order valence-electron chi connectivity index (χ0n) is 17.8. The number of benzene rings is 2. The summed E-state index contributed by atoms with van der Waals surface area (Å²) in [7, 11) is 3.94. The SMILES string of the molecule is CCN(C)C(C(=O)N(C)CCCC1CC(c2ccccc2)NN1)c1ccccc1. The van der Waals surface area contributed by atoms with E-state index < -0.39 is 0 Å². The Hall–Kier alpha value is -2.21. The summed E-state index contributed by atoms with van der Waals surface area (Å²) in [6.45, 7) is 3.69. The van der Waals surface area contributed by atoms with Gasteiger partial charge in [-0.05, 0) is 44.0 Å². The minimum absolute atomic E-state index is 0.167. The summed E-state index contributed by atoms with van der Waals surface area (Å²) in [5, 5.41) is 0. The zero-order valence-corrected chi connectivity index (χ0v) is 17.8. The van der Waals surface area contributed by atoms with Crippen LogP contribution in [0.15, 0.2) is 60.7 Å². The van der Waals surface area contributed by atoms with Gasteiger partial charge in [0, 0.05) is 25.7 Å². The van der Waals surface area contributed by atoms with Crippen LogP contribution in [0.2, 0.25) is 0 Å². The monoisotopic (exact) mass is 394 g/mol. The number of nitrogens with one attached hydrogen (secondary N) is 2. The summed E-state index contributed by atoms with van der Waals surface area (Å²) >= 11 is 0. The topological polar surface area (TPSA) is 47.6 Å². The molecule has 1 heterocycles. The van der Waals surface area contributed by atoms with Crippen LogP contribution in [0.1, 0.15) is 49.4 Å². The van der Waals surface area contributed by atoms with Crippen molar-refractivity contribution in [3.05, 3.63) is 71.8 Å². The third-order valence-electron chi connectivity index (χ3n) is 5.89. The van der Waals surface area contributed by atoms with E-state index in [0.29, 0.717) is 12.1 Å². The van der Waals surface area contributed by atoms with Crippen molar-refractivity contribution in [3.8, 4) is 0 Å². The number of nitrogens with zero attached hydrogens (tertiary/aromatic N) is 2. The van der Waals surface area contributed by atoms with Gasteiger partial charge in [0.05, 0.1) is 0 Å². The van der Waals surface area contributed by atoms with Gasteiger partial charge in [-0.1, -0.05) is 67.6 Å². The lowest BCUT2D eigenvalue weighted by molar-refractivity contribution is -0.135. The van der Waals surface area contributed by atoms with E-state index in [-0.39, 0.29) is 11.9 Å². The molecule has 0 saturated carbocycles. The largest absolute Gasteiger partial charge is 0.344 e. The zero-order chi connectivity index (χ0) is 20.6. The van der Waals surface area contributed by atoms with Crippen LogP contribution >= 0.6 is 0 Å². The maximum Gasteiger partial charge on any atom is 0.244 e. The van der Waals surface area contributed by atoms with Crippen LogP contribution in [-0.2, 0) is 4.79 Å². The molecule has 3 rings (SSSR count). The number of carbonyl (C=O) groups is 1. The number of hydrazine groups is 1. The van der Waals surface area contributed by atoms with Crippen molar-refractivity contribution in [2.75, 3.05) is 27.2 Å². The van der Waals surface area contributed by atoms with E-state index in [2.05, 4.69) is 53.0 Å². The summed E-state index contributed by atoms with van der Waals surface area (Å²) in [5.74, 6) is 0.167. The fraction of sp³-hybridized carbons (Fsp3) is 0.458. The van der Waals surface area contributed by atoms with Crippen molar-refractivity contribution < 1.29 is 4.79 Å². The Morgan fingerprint density at radius 2 is 1.69 bits per heavy atom. The molecule has 2 aromatic carbocycles. The second-order valence-corrected chi connectivity index (χ2v) is 7.97.